The zero-order chi connectivity index (χ0) is 15.0. The SMILES string of the molecule is CN1CCc2nc(NC(=O)c3ccc(F)c(F)c3)sc2C1. The van der Waals surface area contributed by atoms with Gasteiger partial charge in [0.1, 0.15) is 0 Å². The van der Waals surface area contributed by atoms with Crippen molar-refractivity contribution in [2.24, 2.45) is 0 Å². The lowest BCUT2D eigenvalue weighted by Gasteiger charge is -2.20. The molecular weight excluding hydrogens is 296 g/mol. The molecule has 2 heterocycles. The number of likely N-dealkylation sites (N-methyl/N-ethyl adjacent to an activating group) is 1. The van der Waals surface area contributed by atoms with Crippen LogP contribution in [0.1, 0.15) is 20.9 Å². The second-order valence-corrected chi connectivity index (χ2v) is 6.04. The van der Waals surface area contributed by atoms with E-state index in [1.54, 1.807) is 0 Å². The van der Waals surface area contributed by atoms with E-state index in [0.29, 0.717) is 5.13 Å². The summed E-state index contributed by atoms with van der Waals surface area (Å²) in [7, 11) is 2.03. The van der Waals surface area contributed by atoms with Gasteiger partial charge in [0, 0.05) is 30.0 Å². The molecule has 0 saturated carbocycles. The third-order valence-electron chi connectivity index (χ3n) is 3.32. The van der Waals surface area contributed by atoms with Crippen LogP contribution in [-0.4, -0.2) is 29.4 Å². The summed E-state index contributed by atoms with van der Waals surface area (Å²) in [6.07, 6.45) is 0.851. The molecule has 1 amide bonds. The molecule has 1 aliphatic heterocycles. The maximum atomic E-state index is 13.1. The number of rotatable bonds is 2. The molecule has 1 aliphatic rings. The molecular formula is C14H13F2N3OS. The Bertz CT molecular complexity index is 702. The molecule has 0 aliphatic carbocycles. The fourth-order valence-electron chi connectivity index (χ4n) is 2.18. The Morgan fingerprint density at radius 1 is 1.38 bits per heavy atom. The Hall–Kier alpha value is -1.86. The largest absolute Gasteiger partial charge is 0.301 e. The molecule has 3 rings (SSSR count). The van der Waals surface area contributed by atoms with Gasteiger partial charge in [-0.2, -0.15) is 0 Å². The number of thiazole rings is 1. The van der Waals surface area contributed by atoms with Crippen molar-refractivity contribution in [1.82, 2.24) is 9.88 Å². The van der Waals surface area contributed by atoms with Gasteiger partial charge in [-0.05, 0) is 25.2 Å². The molecule has 1 aromatic carbocycles. The second kappa shape index (κ2) is 5.50. The summed E-state index contributed by atoms with van der Waals surface area (Å²) in [4.78, 5) is 19.7. The van der Waals surface area contributed by atoms with Crippen molar-refractivity contribution in [3.63, 3.8) is 0 Å². The minimum absolute atomic E-state index is 0.0687. The van der Waals surface area contributed by atoms with Crippen molar-refractivity contribution in [2.75, 3.05) is 18.9 Å². The molecule has 0 radical (unpaired) electrons. The van der Waals surface area contributed by atoms with E-state index < -0.39 is 17.5 Å². The molecule has 0 atom stereocenters. The van der Waals surface area contributed by atoms with Gasteiger partial charge in [-0.3, -0.25) is 10.1 Å². The summed E-state index contributed by atoms with van der Waals surface area (Å²) in [5, 5.41) is 3.13. The number of halogens is 2. The van der Waals surface area contributed by atoms with Crippen LogP contribution < -0.4 is 5.32 Å². The van der Waals surface area contributed by atoms with E-state index in [1.165, 1.54) is 17.4 Å². The van der Waals surface area contributed by atoms with Crippen LogP contribution in [-0.2, 0) is 13.0 Å². The Balaban J connectivity index is 1.77. The van der Waals surface area contributed by atoms with Crippen molar-refractivity contribution in [2.45, 2.75) is 13.0 Å². The molecule has 1 N–H and O–H groups in total. The number of anilines is 1. The van der Waals surface area contributed by atoms with Crippen molar-refractivity contribution in [3.05, 3.63) is 46.0 Å². The van der Waals surface area contributed by atoms with Gasteiger partial charge in [0.05, 0.1) is 5.69 Å². The van der Waals surface area contributed by atoms with Crippen molar-refractivity contribution in [1.29, 1.82) is 0 Å². The average Bonchev–Trinajstić information content (AvgIpc) is 2.83. The second-order valence-electron chi connectivity index (χ2n) is 4.96. The minimum atomic E-state index is -1.04. The van der Waals surface area contributed by atoms with E-state index in [-0.39, 0.29) is 5.56 Å². The lowest BCUT2D eigenvalue weighted by atomic mass is 10.2. The van der Waals surface area contributed by atoms with Gasteiger partial charge in [0.25, 0.3) is 5.91 Å². The normalized spacial score (nSPS) is 14.8. The first-order chi connectivity index (χ1) is 10.0. The number of nitrogens with one attached hydrogen (secondary N) is 1. The molecule has 0 bridgehead atoms. The number of hydrogen-bond acceptors (Lipinski definition) is 4. The van der Waals surface area contributed by atoms with Gasteiger partial charge in [-0.25, -0.2) is 13.8 Å². The highest BCUT2D eigenvalue weighted by atomic mass is 32.1. The predicted octanol–water partition coefficient (Wildman–Crippen LogP) is 2.66. The summed E-state index contributed by atoms with van der Waals surface area (Å²) in [5.41, 5.74) is 1.07. The van der Waals surface area contributed by atoms with Crippen LogP contribution >= 0.6 is 11.3 Å². The summed E-state index contributed by atoms with van der Waals surface area (Å²) in [5.74, 6) is -2.50. The molecule has 21 heavy (non-hydrogen) atoms. The van der Waals surface area contributed by atoms with Gasteiger partial charge in [-0.15, -0.1) is 11.3 Å². The van der Waals surface area contributed by atoms with Crippen LogP contribution in [0, 0.1) is 11.6 Å². The van der Waals surface area contributed by atoms with Crippen LogP contribution in [0.5, 0.6) is 0 Å². The zero-order valence-electron chi connectivity index (χ0n) is 11.3. The quantitative estimate of drug-likeness (QED) is 0.927. The highest BCUT2D eigenvalue weighted by Crippen LogP contribution is 2.28. The Kier molecular flexibility index (Phi) is 3.69. The van der Waals surface area contributed by atoms with E-state index in [2.05, 4.69) is 15.2 Å². The maximum Gasteiger partial charge on any atom is 0.257 e. The summed E-state index contributed by atoms with van der Waals surface area (Å²) >= 11 is 1.42. The number of hydrogen-bond donors (Lipinski definition) is 1. The molecule has 0 fully saturated rings. The number of fused-ring (bicyclic) bond motifs is 1. The van der Waals surface area contributed by atoms with Crippen LogP contribution in [0.2, 0.25) is 0 Å². The van der Waals surface area contributed by atoms with E-state index >= 15 is 0 Å². The number of nitrogens with zero attached hydrogens (tertiary/aromatic N) is 2. The Labute approximate surface area is 124 Å². The number of carbonyl (C=O) groups excluding carboxylic acids is 1. The van der Waals surface area contributed by atoms with Gasteiger partial charge in [0.2, 0.25) is 0 Å². The number of carbonyl (C=O) groups is 1. The molecule has 2 aromatic rings. The lowest BCUT2D eigenvalue weighted by Crippen LogP contribution is -2.25. The Morgan fingerprint density at radius 3 is 2.95 bits per heavy atom. The number of aromatic nitrogens is 1. The molecule has 1 aromatic heterocycles. The fraction of sp³-hybridized carbons (Fsp3) is 0.286. The monoisotopic (exact) mass is 309 g/mol. The van der Waals surface area contributed by atoms with Gasteiger partial charge >= 0.3 is 0 Å². The fourth-order valence-corrected chi connectivity index (χ4v) is 3.27. The van der Waals surface area contributed by atoms with E-state index in [0.717, 1.165) is 42.2 Å². The lowest BCUT2D eigenvalue weighted by molar-refractivity contribution is 0.102. The van der Waals surface area contributed by atoms with Crippen LogP contribution in [0.25, 0.3) is 0 Å². The first-order valence-corrected chi connectivity index (χ1v) is 7.28. The van der Waals surface area contributed by atoms with Gasteiger partial charge in [0.15, 0.2) is 16.8 Å². The average molecular weight is 309 g/mol. The van der Waals surface area contributed by atoms with E-state index in [4.69, 9.17) is 0 Å². The summed E-state index contributed by atoms with van der Waals surface area (Å²) in [6.45, 7) is 1.75. The van der Waals surface area contributed by atoms with Crippen molar-refractivity contribution in [3.8, 4) is 0 Å². The van der Waals surface area contributed by atoms with Crippen molar-refractivity contribution < 1.29 is 13.6 Å². The molecule has 0 unspecified atom stereocenters. The molecule has 0 saturated heterocycles. The van der Waals surface area contributed by atoms with Gasteiger partial charge in [-0.1, -0.05) is 0 Å². The van der Waals surface area contributed by atoms with Crippen LogP contribution in [0.3, 0.4) is 0 Å². The van der Waals surface area contributed by atoms with Crippen LogP contribution in [0.15, 0.2) is 18.2 Å². The predicted molar refractivity (Wildman–Crippen MR) is 76.5 cm³/mol. The summed E-state index contributed by atoms with van der Waals surface area (Å²) < 4.78 is 26.0. The van der Waals surface area contributed by atoms with Crippen molar-refractivity contribution >= 4 is 22.4 Å². The van der Waals surface area contributed by atoms with Gasteiger partial charge < -0.3 is 4.90 Å². The topological polar surface area (TPSA) is 45.2 Å². The molecule has 110 valence electrons. The standard InChI is InChI=1S/C14H13F2N3OS/c1-19-5-4-11-12(7-19)21-14(17-11)18-13(20)8-2-3-9(15)10(16)6-8/h2-3,6H,4-5,7H2,1H3,(H,17,18,20). The number of benzene rings is 1. The zero-order valence-corrected chi connectivity index (χ0v) is 12.1. The van der Waals surface area contributed by atoms with Crippen LogP contribution in [0.4, 0.5) is 13.9 Å². The number of amides is 1. The molecule has 4 nitrogen and oxygen atoms in total. The smallest absolute Gasteiger partial charge is 0.257 e. The highest BCUT2D eigenvalue weighted by molar-refractivity contribution is 7.15. The minimum Gasteiger partial charge on any atom is -0.301 e. The van der Waals surface area contributed by atoms with E-state index in [1.807, 2.05) is 7.05 Å². The first-order valence-electron chi connectivity index (χ1n) is 6.46. The Morgan fingerprint density at radius 2 is 2.19 bits per heavy atom. The molecule has 0 spiro atoms. The summed E-state index contributed by atoms with van der Waals surface area (Å²) in [6, 6.07) is 3.06. The first kappa shape index (κ1) is 14.1. The molecule has 7 heteroatoms. The third kappa shape index (κ3) is 2.93. The van der Waals surface area contributed by atoms with E-state index in [9.17, 15) is 13.6 Å². The third-order valence-corrected chi connectivity index (χ3v) is 4.32. The highest BCUT2D eigenvalue weighted by Gasteiger charge is 2.19. The maximum absolute atomic E-state index is 13.1.